The van der Waals surface area contributed by atoms with Crippen molar-refractivity contribution in [2.75, 3.05) is 19.6 Å². The Kier molecular flexibility index (Phi) is 6.72. The first-order valence-electron chi connectivity index (χ1n) is 9.31. The van der Waals surface area contributed by atoms with Crippen LogP contribution >= 0.6 is 0 Å². The summed E-state index contributed by atoms with van der Waals surface area (Å²) in [5, 5.41) is 7.37. The van der Waals surface area contributed by atoms with Gasteiger partial charge in [0.25, 0.3) is 0 Å². The number of nitrogens with zero attached hydrogens (tertiary/aromatic N) is 1. The molecule has 2 saturated heterocycles. The predicted molar refractivity (Wildman–Crippen MR) is 93.7 cm³/mol. The monoisotopic (exact) mass is 325 g/mol. The van der Waals surface area contributed by atoms with Crippen LogP contribution in [-0.4, -0.2) is 54.4 Å². The van der Waals surface area contributed by atoms with E-state index in [2.05, 4.69) is 17.6 Å². The smallest absolute Gasteiger partial charge is 0.410 e. The van der Waals surface area contributed by atoms with Gasteiger partial charge in [0.1, 0.15) is 5.60 Å². The molecule has 0 aromatic rings. The second-order valence-electron chi connectivity index (χ2n) is 8.22. The molecule has 2 aliphatic heterocycles. The number of hydrogen-bond acceptors (Lipinski definition) is 4. The summed E-state index contributed by atoms with van der Waals surface area (Å²) in [5.41, 5.74) is -0.416. The molecule has 0 aliphatic carbocycles. The van der Waals surface area contributed by atoms with E-state index in [-0.39, 0.29) is 6.09 Å². The van der Waals surface area contributed by atoms with Gasteiger partial charge in [0.15, 0.2) is 0 Å². The molecule has 0 radical (unpaired) electrons. The standard InChI is InChI=1S/C18H35N3O2/c1-14(12-15-8-6-5-7-10-19-15)20-16-9-11-21(13-16)17(22)23-18(2,3)4/h14-16,19-20H,5-13H2,1-4H3. The topological polar surface area (TPSA) is 53.6 Å². The van der Waals surface area contributed by atoms with Gasteiger partial charge in [0, 0.05) is 31.2 Å². The summed E-state index contributed by atoms with van der Waals surface area (Å²) in [6.45, 7) is 10.7. The molecule has 3 unspecified atom stereocenters. The first-order chi connectivity index (χ1) is 10.8. The van der Waals surface area contributed by atoms with Crippen LogP contribution < -0.4 is 10.6 Å². The van der Waals surface area contributed by atoms with Crippen molar-refractivity contribution in [3.8, 4) is 0 Å². The van der Waals surface area contributed by atoms with E-state index in [1.54, 1.807) is 0 Å². The third kappa shape index (κ3) is 6.68. The summed E-state index contributed by atoms with van der Waals surface area (Å²) in [7, 11) is 0. The Morgan fingerprint density at radius 2 is 2.09 bits per heavy atom. The first-order valence-corrected chi connectivity index (χ1v) is 9.31. The van der Waals surface area contributed by atoms with Crippen LogP contribution in [0.15, 0.2) is 0 Å². The van der Waals surface area contributed by atoms with Crippen LogP contribution in [0.5, 0.6) is 0 Å². The summed E-state index contributed by atoms with van der Waals surface area (Å²) in [6.07, 6.45) is 7.32. The molecular weight excluding hydrogens is 290 g/mol. The van der Waals surface area contributed by atoms with Crippen molar-refractivity contribution in [3.05, 3.63) is 0 Å². The van der Waals surface area contributed by atoms with Crippen molar-refractivity contribution in [2.24, 2.45) is 0 Å². The van der Waals surface area contributed by atoms with Gasteiger partial charge in [0.05, 0.1) is 0 Å². The molecule has 2 N–H and O–H groups in total. The van der Waals surface area contributed by atoms with Crippen LogP contribution in [0.25, 0.3) is 0 Å². The molecule has 0 aromatic heterocycles. The number of rotatable bonds is 4. The molecule has 3 atom stereocenters. The van der Waals surface area contributed by atoms with Crippen LogP contribution in [0.3, 0.4) is 0 Å². The van der Waals surface area contributed by atoms with Crippen LogP contribution in [0.1, 0.15) is 66.2 Å². The maximum atomic E-state index is 12.1. The number of amides is 1. The first kappa shape index (κ1) is 18.5. The minimum absolute atomic E-state index is 0.181. The van der Waals surface area contributed by atoms with Gasteiger partial charge < -0.3 is 20.3 Å². The Morgan fingerprint density at radius 3 is 2.83 bits per heavy atom. The predicted octanol–water partition coefficient (Wildman–Crippen LogP) is 2.90. The highest BCUT2D eigenvalue weighted by atomic mass is 16.6. The number of hydrogen-bond donors (Lipinski definition) is 2. The largest absolute Gasteiger partial charge is 0.444 e. The van der Waals surface area contributed by atoms with Crippen LogP contribution in [0.4, 0.5) is 4.79 Å². The lowest BCUT2D eigenvalue weighted by molar-refractivity contribution is 0.0290. The third-order valence-corrected chi connectivity index (χ3v) is 4.66. The summed E-state index contributed by atoms with van der Waals surface area (Å²) in [4.78, 5) is 13.9. The fraction of sp³-hybridized carbons (Fsp3) is 0.944. The molecule has 1 amide bonds. The highest BCUT2D eigenvalue weighted by Crippen LogP contribution is 2.17. The summed E-state index contributed by atoms with van der Waals surface area (Å²) in [5.74, 6) is 0. The molecule has 5 heteroatoms. The summed E-state index contributed by atoms with van der Waals surface area (Å²) in [6, 6.07) is 1.51. The van der Waals surface area contributed by atoms with Crippen molar-refractivity contribution in [3.63, 3.8) is 0 Å². The van der Waals surface area contributed by atoms with E-state index in [4.69, 9.17) is 4.74 Å². The Labute approximate surface area is 141 Å². The molecule has 2 fully saturated rings. The number of carbonyl (C=O) groups excluding carboxylic acids is 1. The minimum Gasteiger partial charge on any atom is -0.444 e. The zero-order valence-electron chi connectivity index (χ0n) is 15.4. The van der Waals surface area contributed by atoms with Crippen molar-refractivity contribution < 1.29 is 9.53 Å². The SMILES string of the molecule is CC(CC1CCCCCN1)NC1CCN(C(=O)OC(C)(C)C)C1. The molecule has 23 heavy (non-hydrogen) atoms. The number of ether oxygens (including phenoxy) is 1. The molecule has 5 nitrogen and oxygen atoms in total. The lowest BCUT2D eigenvalue weighted by Gasteiger charge is -2.26. The van der Waals surface area contributed by atoms with Crippen LogP contribution in [-0.2, 0) is 4.74 Å². The van der Waals surface area contributed by atoms with Gasteiger partial charge in [-0.05, 0) is 59.9 Å². The van der Waals surface area contributed by atoms with E-state index in [9.17, 15) is 4.79 Å². The maximum Gasteiger partial charge on any atom is 0.410 e. The molecule has 0 bridgehead atoms. The van der Waals surface area contributed by atoms with E-state index in [1.165, 1.54) is 32.1 Å². The fourth-order valence-electron chi connectivity index (χ4n) is 3.59. The molecule has 0 spiro atoms. The zero-order valence-corrected chi connectivity index (χ0v) is 15.4. The minimum atomic E-state index is -0.416. The van der Waals surface area contributed by atoms with Crippen molar-refractivity contribution >= 4 is 6.09 Å². The molecule has 2 rings (SSSR count). The summed E-state index contributed by atoms with van der Waals surface area (Å²) < 4.78 is 5.46. The fourth-order valence-corrected chi connectivity index (χ4v) is 3.59. The normalized spacial score (nSPS) is 27.6. The van der Waals surface area contributed by atoms with Gasteiger partial charge >= 0.3 is 6.09 Å². The second-order valence-corrected chi connectivity index (χ2v) is 8.22. The Balaban J connectivity index is 1.71. The lowest BCUT2D eigenvalue weighted by atomic mass is 10.0. The Morgan fingerprint density at radius 1 is 1.30 bits per heavy atom. The van der Waals surface area contributed by atoms with Crippen molar-refractivity contribution in [1.29, 1.82) is 0 Å². The van der Waals surface area contributed by atoms with Gasteiger partial charge in [-0.15, -0.1) is 0 Å². The zero-order chi connectivity index (χ0) is 16.9. The highest BCUT2D eigenvalue weighted by molar-refractivity contribution is 5.68. The van der Waals surface area contributed by atoms with E-state index >= 15 is 0 Å². The van der Waals surface area contributed by atoms with E-state index in [1.807, 2.05) is 25.7 Å². The Hall–Kier alpha value is -0.810. The molecule has 0 aromatic carbocycles. The van der Waals surface area contributed by atoms with Gasteiger partial charge in [-0.2, -0.15) is 0 Å². The lowest BCUT2D eigenvalue weighted by Crippen LogP contribution is -2.43. The molecule has 2 heterocycles. The highest BCUT2D eigenvalue weighted by Gasteiger charge is 2.30. The van der Waals surface area contributed by atoms with E-state index in [0.29, 0.717) is 18.1 Å². The van der Waals surface area contributed by atoms with Crippen LogP contribution in [0.2, 0.25) is 0 Å². The van der Waals surface area contributed by atoms with Crippen LogP contribution in [0, 0.1) is 0 Å². The van der Waals surface area contributed by atoms with Crippen molar-refractivity contribution in [2.45, 2.75) is 89.9 Å². The third-order valence-electron chi connectivity index (χ3n) is 4.66. The number of carbonyl (C=O) groups is 1. The maximum absolute atomic E-state index is 12.1. The van der Waals surface area contributed by atoms with E-state index < -0.39 is 5.60 Å². The molecule has 0 saturated carbocycles. The average molecular weight is 325 g/mol. The van der Waals surface area contributed by atoms with Gasteiger partial charge in [-0.1, -0.05) is 12.8 Å². The molecule has 134 valence electrons. The van der Waals surface area contributed by atoms with Gasteiger partial charge in [-0.25, -0.2) is 4.79 Å². The van der Waals surface area contributed by atoms with E-state index in [0.717, 1.165) is 26.1 Å². The molecule has 2 aliphatic rings. The number of nitrogens with one attached hydrogen (secondary N) is 2. The Bertz CT molecular complexity index is 373. The molecular formula is C18H35N3O2. The number of likely N-dealkylation sites (tertiary alicyclic amines) is 1. The average Bonchev–Trinajstić information content (AvgIpc) is 2.74. The quantitative estimate of drug-likeness (QED) is 0.834. The van der Waals surface area contributed by atoms with Crippen molar-refractivity contribution in [1.82, 2.24) is 15.5 Å². The van der Waals surface area contributed by atoms with Gasteiger partial charge in [-0.3, -0.25) is 0 Å². The second kappa shape index (κ2) is 8.34. The summed E-state index contributed by atoms with van der Waals surface area (Å²) >= 11 is 0. The van der Waals surface area contributed by atoms with Gasteiger partial charge in [0.2, 0.25) is 0 Å².